The van der Waals surface area contributed by atoms with Crippen molar-refractivity contribution in [1.82, 2.24) is 4.90 Å². The summed E-state index contributed by atoms with van der Waals surface area (Å²) in [6.45, 7) is 1.45. The van der Waals surface area contributed by atoms with Crippen molar-refractivity contribution in [1.29, 1.82) is 0 Å². The lowest BCUT2D eigenvalue weighted by atomic mass is 9.99. The summed E-state index contributed by atoms with van der Waals surface area (Å²) in [4.78, 5) is 12.9. The molecular weight excluding hydrogens is 261 g/mol. The van der Waals surface area contributed by atoms with Gasteiger partial charge in [0.1, 0.15) is 5.72 Å². The van der Waals surface area contributed by atoms with Crippen LogP contribution >= 0.6 is 23.2 Å². The molecular formula is C12H19Cl2NO2. The van der Waals surface area contributed by atoms with Crippen molar-refractivity contribution in [2.45, 2.75) is 55.5 Å². The average Bonchev–Trinajstić information content (AvgIpc) is 2.55. The topological polar surface area (TPSA) is 29.5 Å². The second-order valence-corrected chi connectivity index (χ2v) is 5.95. The standard InChI is InChI=1S/C12H19Cl2NO2/c13-10(14)11(16)15-8-5-9-17-12(15)6-3-1-2-4-7-12/h10H,1-9H2. The van der Waals surface area contributed by atoms with E-state index in [1.165, 1.54) is 12.8 Å². The molecule has 0 unspecified atom stereocenters. The molecule has 2 fully saturated rings. The van der Waals surface area contributed by atoms with Crippen LogP contribution in [-0.4, -0.2) is 34.5 Å². The Morgan fingerprint density at radius 1 is 1.12 bits per heavy atom. The van der Waals surface area contributed by atoms with Crippen LogP contribution in [0.4, 0.5) is 0 Å². The number of alkyl halides is 2. The number of carbonyl (C=O) groups excluding carboxylic acids is 1. The number of hydrogen-bond acceptors (Lipinski definition) is 2. The second kappa shape index (κ2) is 5.77. The van der Waals surface area contributed by atoms with Gasteiger partial charge in [-0.1, -0.05) is 36.0 Å². The van der Waals surface area contributed by atoms with Crippen LogP contribution in [0, 0.1) is 0 Å². The zero-order chi connectivity index (χ0) is 12.3. The van der Waals surface area contributed by atoms with Gasteiger partial charge in [-0.2, -0.15) is 0 Å². The van der Waals surface area contributed by atoms with Gasteiger partial charge in [-0.05, 0) is 32.1 Å². The van der Waals surface area contributed by atoms with E-state index in [0.29, 0.717) is 0 Å². The first-order valence-corrected chi connectivity index (χ1v) is 7.27. The second-order valence-electron chi connectivity index (χ2n) is 4.85. The highest BCUT2D eigenvalue weighted by Crippen LogP contribution is 2.37. The summed E-state index contributed by atoms with van der Waals surface area (Å²) in [6.07, 6.45) is 7.36. The maximum absolute atomic E-state index is 12.1. The quantitative estimate of drug-likeness (QED) is 0.691. The molecule has 0 bridgehead atoms. The van der Waals surface area contributed by atoms with Crippen LogP contribution < -0.4 is 0 Å². The average molecular weight is 280 g/mol. The molecule has 0 aromatic heterocycles. The fourth-order valence-corrected chi connectivity index (χ4v) is 3.13. The minimum absolute atomic E-state index is 0.199. The maximum Gasteiger partial charge on any atom is 0.258 e. The molecule has 1 aliphatic carbocycles. The highest BCUT2D eigenvalue weighted by atomic mass is 35.5. The third kappa shape index (κ3) is 2.88. The minimum atomic E-state index is -0.975. The van der Waals surface area contributed by atoms with Crippen LogP contribution in [0.5, 0.6) is 0 Å². The monoisotopic (exact) mass is 279 g/mol. The van der Waals surface area contributed by atoms with E-state index in [1.807, 2.05) is 0 Å². The van der Waals surface area contributed by atoms with Gasteiger partial charge < -0.3 is 9.64 Å². The van der Waals surface area contributed by atoms with Crippen molar-refractivity contribution < 1.29 is 9.53 Å². The summed E-state index contributed by atoms with van der Waals surface area (Å²) in [7, 11) is 0. The first-order chi connectivity index (χ1) is 8.16. The molecule has 1 heterocycles. The van der Waals surface area contributed by atoms with Crippen LogP contribution in [0.25, 0.3) is 0 Å². The number of carbonyl (C=O) groups is 1. The zero-order valence-electron chi connectivity index (χ0n) is 9.96. The fourth-order valence-electron chi connectivity index (χ4n) is 2.89. The molecule has 1 saturated carbocycles. The molecule has 0 aromatic rings. The molecule has 98 valence electrons. The summed E-state index contributed by atoms with van der Waals surface area (Å²) in [5.74, 6) is -0.199. The van der Waals surface area contributed by atoms with Gasteiger partial charge in [-0.3, -0.25) is 4.79 Å². The molecule has 0 atom stereocenters. The van der Waals surface area contributed by atoms with Crippen LogP contribution in [-0.2, 0) is 9.53 Å². The van der Waals surface area contributed by atoms with E-state index in [9.17, 15) is 4.79 Å². The van der Waals surface area contributed by atoms with Gasteiger partial charge in [0.2, 0.25) is 0 Å². The molecule has 0 aromatic carbocycles. The maximum atomic E-state index is 12.1. The Kier molecular flexibility index (Phi) is 4.56. The van der Waals surface area contributed by atoms with Gasteiger partial charge in [0.15, 0.2) is 4.84 Å². The molecule has 0 N–H and O–H groups in total. The van der Waals surface area contributed by atoms with E-state index in [1.54, 1.807) is 4.90 Å². The number of hydrogen-bond donors (Lipinski definition) is 0. The minimum Gasteiger partial charge on any atom is -0.356 e. The smallest absolute Gasteiger partial charge is 0.258 e. The Morgan fingerprint density at radius 2 is 1.76 bits per heavy atom. The Morgan fingerprint density at radius 3 is 2.35 bits per heavy atom. The first kappa shape index (κ1) is 13.4. The van der Waals surface area contributed by atoms with E-state index in [0.717, 1.165) is 45.3 Å². The van der Waals surface area contributed by atoms with E-state index in [2.05, 4.69) is 0 Å². The molecule has 3 nitrogen and oxygen atoms in total. The normalized spacial score (nSPS) is 25.0. The van der Waals surface area contributed by atoms with Crippen molar-refractivity contribution in [2.24, 2.45) is 0 Å². The van der Waals surface area contributed by atoms with E-state index in [4.69, 9.17) is 27.9 Å². The molecule has 2 rings (SSSR count). The van der Waals surface area contributed by atoms with Gasteiger partial charge in [0.05, 0.1) is 6.61 Å². The van der Waals surface area contributed by atoms with Crippen LogP contribution in [0.15, 0.2) is 0 Å². The van der Waals surface area contributed by atoms with Gasteiger partial charge in [0, 0.05) is 6.54 Å². The molecule has 1 saturated heterocycles. The molecule has 0 radical (unpaired) electrons. The lowest BCUT2D eigenvalue weighted by Crippen LogP contribution is -2.58. The number of amides is 1. The lowest BCUT2D eigenvalue weighted by molar-refractivity contribution is -0.199. The zero-order valence-corrected chi connectivity index (χ0v) is 11.5. The number of rotatable bonds is 1. The summed E-state index contributed by atoms with van der Waals surface area (Å²) < 4.78 is 5.96. The van der Waals surface area contributed by atoms with Crippen LogP contribution in [0.2, 0.25) is 0 Å². The highest BCUT2D eigenvalue weighted by Gasteiger charge is 2.43. The molecule has 1 amide bonds. The highest BCUT2D eigenvalue weighted by molar-refractivity contribution is 6.53. The van der Waals surface area contributed by atoms with Crippen molar-refractivity contribution in [3.05, 3.63) is 0 Å². The third-order valence-corrected chi connectivity index (χ3v) is 4.10. The first-order valence-electron chi connectivity index (χ1n) is 6.39. The van der Waals surface area contributed by atoms with Gasteiger partial charge in [-0.25, -0.2) is 0 Å². The van der Waals surface area contributed by atoms with Gasteiger partial charge >= 0.3 is 0 Å². The van der Waals surface area contributed by atoms with E-state index in [-0.39, 0.29) is 5.91 Å². The Hall–Kier alpha value is 0.01000. The largest absolute Gasteiger partial charge is 0.356 e. The van der Waals surface area contributed by atoms with Crippen molar-refractivity contribution in [3.63, 3.8) is 0 Å². The van der Waals surface area contributed by atoms with Crippen LogP contribution in [0.3, 0.4) is 0 Å². The molecule has 1 aliphatic heterocycles. The van der Waals surface area contributed by atoms with Gasteiger partial charge in [0.25, 0.3) is 5.91 Å². The molecule has 17 heavy (non-hydrogen) atoms. The van der Waals surface area contributed by atoms with Gasteiger partial charge in [-0.15, -0.1) is 0 Å². The van der Waals surface area contributed by atoms with Crippen molar-refractivity contribution in [3.8, 4) is 0 Å². The SMILES string of the molecule is O=C(C(Cl)Cl)N1CCCOC12CCCCCC2. The lowest BCUT2D eigenvalue weighted by Gasteiger charge is -2.47. The summed E-state index contributed by atoms with van der Waals surface area (Å²) in [5, 5.41) is 0. The fraction of sp³-hybridized carbons (Fsp3) is 0.917. The molecule has 2 aliphatic rings. The molecule has 5 heteroatoms. The van der Waals surface area contributed by atoms with Crippen molar-refractivity contribution in [2.75, 3.05) is 13.2 Å². The predicted molar refractivity (Wildman–Crippen MR) is 68.2 cm³/mol. The Balaban J connectivity index is 2.17. The number of ether oxygens (including phenoxy) is 1. The Bertz CT molecular complexity index is 276. The number of halogens is 2. The predicted octanol–water partition coefficient (Wildman–Crippen LogP) is 3.09. The van der Waals surface area contributed by atoms with Crippen molar-refractivity contribution >= 4 is 29.1 Å². The third-order valence-electron chi connectivity index (χ3n) is 3.73. The summed E-state index contributed by atoms with van der Waals surface area (Å²) >= 11 is 11.4. The Labute approximate surface area is 112 Å². The van der Waals surface area contributed by atoms with E-state index < -0.39 is 10.6 Å². The van der Waals surface area contributed by atoms with Crippen LogP contribution in [0.1, 0.15) is 44.9 Å². The number of nitrogens with zero attached hydrogens (tertiary/aromatic N) is 1. The molecule has 1 spiro atoms. The van der Waals surface area contributed by atoms with E-state index >= 15 is 0 Å². The summed E-state index contributed by atoms with van der Waals surface area (Å²) in [5.41, 5.74) is -0.423. The summed E-state index contributed by atoms with van der Waals surface area (Å²) in [6, 6.07) is 0.